The molecule has 0 unspecified atom stereocenters. The van der Waals surface area contributed by atoms with E-state index in [1.807, 2.05) is 4.57 Å². The van der Waals surface area contributed by atoms with Crippen LogP contribution in [0.15, 0.2) is 59.9 Å². The first-order valence-corrected chi connectivity index (χ1v) is 13.0. The van der Waals surface area contributed by atoms with E-state index in [2.05, 4.69) is 20.1 Å². The van der Waals surface area contributed by atoms with E-state index >= 15 is 0 Å². The summed E-state index contributed by atoms with van der Waals surface area (Å²) in [6.07, 6.45) is 4.87. The Morgan fingerprint density at radius 3 is 2.57 bits per heavy atom. The Balaban J connectivity index is 1.46. The highest BCUT2D eigenvalue weighted by molar-refractivity contribution is 7.89. The topological polar surface area (TPSA) is 147 Å². The predicted molar refractivity (Wildman–Crippen MR) is 136 cm³/mol. The Morgan fingerprint density at radius 2 is 1.84 bits per heavy atom. The molecule has 12 nitrogen and oxygen atoms in total. The lowest BCUT2D eigenvalue weighted by Crippen LogP contribution is -2.21. The summed E-state index contributed by atoms with van der Waals surface area (Å²) in [5.41, 5.74) is 3.87. The van der Waals surface area contributed by atoms with Gasteiger partial charge in [-0.1, -0.05) is 6.07 Å². The Labute approximate surface area is 211 Å². The van der Waals surface area contributed by atoms with Crippen LogP contribution < -0.4 is 10.5 Å². The largest absolute Gasteiger partial charge is 0.381 e. The summed E-state index contributed by atoms with van der Waals surface area (Å²) >= 11 is 0. The van der Waals surface area contributed by atoms with Gasteiger partial charge in [-0.2, -0.15) is 4.98 Å². The quantitative estimate of drug-likeness (QED) is 0.338. The van der Waals surface area contributed by atoms with Crippen molar-refractivity contribution in [1.29, 1.82) is 0 Å². The third-order valence-corrected chi connectivity index (χ3v) is 7.22. The van der Waals surface area contributed by atoms with Crippen LogP contribution in [0.3, 0.4) is 0 Å². The molecule has 5 aromatic rings. The molecule has 0 saturated carbocycles. The number of hydrogen-bond acceptors (Lipinski definition) is 8. The molecule has 0 atom stereocenters. The first kappa shape index (κ1) is 23.0. The number of ether oxygens (including phenoxy) is 1. The molecule has 1 aliphatic heterocycles. The number of imidazole rings is 2. The molecule has 0 amide bonds. The van der Waals surface area contributed by atoms with Gasteiger partial charge in [0, 0.05) is 24.9 Å². The molecule has 2 aromatic carbocycles. The van der Waals surface area contributed by atoms with Crippen molar-refractivity contribution in [2.24, 2.45) is 5.14 Å². The molecule has 0 aliphatic carbocycles. The highest BCUT2D eigenvalue weighted by atomic mass is 32.2. The second-order valence-corrected chi connectivity index (χ2v) is 10.2. The number of sulfonamides is 1. The van der Waals surface area contributed by atoms with Gasteiger partial charge in [0.1, 0.15) is 11.8 Å². The van der Waals surface area contributed by atoms with E-state index in [9.17, 15) is 8.42 Å². The van der Waals surface area contributed by atoms with Crippen molar-refractivity contribution in [3.63, 3.8) is 0 Å². The average molecular weight is 516 g/mol. The average Bonchev–Trinajstić information content (AvgIpc) is 3.49. The number of fused-ring (bicyclic) bond motifs is 2. The predicted octanol–water partition coefficient (Wildman–Crippen LogP) is 3.46. The van der Waals surface area contributed by atoms with E-state index in [1.165, 1.54) is 12.1 Å². The summed E-state index contributed by atoms with van der Waals surface area (Å²) in [7, 11) is -3.79. The summed E-state index contributed by atoms with van der Waals surface area (Å²) in [4.78, 5) is 22.1. The number of nitrogens with two attached hydrogens (primary N) is 1. The minimum absolute atomic E-state index is 0.0282. The molecule has 0 bridgehead atoms. The maximum Gasteiger partial charge on any atom is 0.238 e. The fraction of sp³-hybridized carbons (Fsp3) is 0.208. The lowest BCUT2D eigenvalue weighted by atomic mass is 10.1. The summed E-state index contributed by atoms with van der Waals surface area (Å²) in [6, 6.07) is 11.5. The summed E-state index contributed by atoms with van der Waals surface area (Å²) in [6.45, 7) is 8.58. The van der Waals surface area contributed by atoms with Gasteiger partial charge in [0.2, 0.25) is 21.9 Å². The lowest BCUT2D eigenvalue weighted by Gasteiger charge is -2.25. The van der Waals surface area contributed by atoms with Crippen LogP contribution in [-0.2, 0) is 14.8 Å². The van der Waals surface area contributed by atoms with E-state index in [0.717, 1.165) is 23.9 Å². The molecular weight excluding hydrogens is 494 g/mol. The highest BCUT2D eigenvalue weighted by Gasteiger charge is 2.24. The number of anilines is 2. The first-order valence-electron chi connectivity index (χ1n) is 11.5. The van der Waals surface area contributed by atoms with Crippen LogP contribution in [0.1, 0.15) is 18.9 Å². The Kier molecular flexibility index (Phi) is 5.56. The molecule has 13 heteroatoms. The van der Waals surface area contributed by atoms with Gasteiger partial charge >= 0.3 is 0 Å². The number of primary sulfonamides is 1. The van der Waals surface area contributed by atoms with Gasteiger partial charge in [-0.3, -0.25) is 9.13 Å². The molecule has 1 saturated heterocycles. The maximum atomic E-state index is 11.6. The molecule has 4 heterocycles. The number of nitrogens with zero attached hydrogens (tertiary/aromatic N) is 7. The van der Waals surface area contributed by atoms with Crippen molar-refractivity contribution in [2.45, 2.75) is 23.8 Å². The molecule has 186 valence electrons. The standard InChI is InChI=1S/C24H21N9O3S/c1-26-16-4-7-19-21(12-16)32(14-28-19)23-27-13-20-22(31-23)33(17-8-10-36-11-9-17)24(30-20)29-15-2-5-18(6-3-15)37(25,34)35/h2-7,12-14,17H,8-11H2,(H,29,30)(H2,25,34,35). The zero-order chi connectivity index (χ0) is 25.6. The molecular formula is C24H21N9O3S. The van der Waals surface area contributed by atoms with Crippen molar-refractivity contribution in [3.8, 4) is 5.95 Å². The third-order valence-electron chi connectivity index (χ3n) is 6.29. The molecule has 1 fully saturated rings. The van der Waals surface area contributed by atoms with Crippen molar-refractivity contribution in [3.05, 3.63) is 66.4 Å². The first-order chi connectivity index (χ1) is 17.9. The van der Waals surface area contributed by atoms with Gasteiger partial charge in [0.25, 0.3) is 0 Å². The zero-order valence-corrected chi connectivity index (χ0v) is 20.3. The molecule has 0 radical (unpaired) electrons. The second kappa shape index (κ2) is 8.93. The Morgan fingerprint density at radius 1 is 1.05 bits per heavy atom. The van der Waals surface area contributed by atoms with Crippen LogP contribution in [0.5, 0.6) is 0 Å². The van der Waals surface area contributed by atoms with E-state index in [0.29, 0.717) is 47.6 Å². The van der Waals surface area contributed by atoms with Crippen molar-refractivity contribution in [1.82, 2.24) is 29.1 Å². The summed E-state index contributed by atoms with van der Waals surface area (Å²) in [5, 5.41) is 8.52. The smallest absolute Gasteiger partial charge is 0.238 e. The van der Waals surface area contributed by atoms with Crippen LogP contribution in [0, 0.1) is 6.57 Å². The van der Waals surface area contributed by atoms with Crippen LogP contribution in [-0.4, -0.2) is 50.7 Å². The fourth-order valence-electron chi connectivity index (χ4n) is 4.46. The Hall–Kier alpha value is -4.38. The van der Waals surface area contributed by atoms with E-state index in [1.54, 1.807) is 47.4 Å². The molecule has 6 rings (SSSR count). The fourth-order valence-corrected chi connectivity index (χ4v) is 4.97. The number of nitrogens with one attached hydrogen (secondary N) is 1. The number of rotatable bonds is 5. The van der Waals surface area contributed by atoms with Crippen LogP contribution in [0.25, 0.3) is 33.0 Å². The second-order valence-electron chi connectivity index (χ2n) is 8.62. The van der Waals surface area contributed by atoms with E-state index < -0.39 is 10.0 Å². The molecule has 3 N–H and O–H groups in total. The Bertz CT molecular complexity index is 1780. The van der Waals surface area contributed by atoms with Gasteiger partial charge in [0.05, 0.1) is 28.7 Å². The highest BCUT2D eigenvalue weighted by Crippen LogP contribution is 2.32. The monoisotopic (exact) mass is 515 g/mol. The van der Waals surface area contributed by atoms with Crippen LogP contribution in [0.4, 0.5) is 17.3 Å². The minimum Gasteiger partial charge on any atom is -0.381 e. The van der Waals surface area contributed by atoms with Crippen molar-refractivity contribution >= 4 is 49.5 Å². The molecule has 3 aromatic heterocycles. The van der Waals surface area contributed by atoms with Crippen molar-refractivity contribution in [2.75, 3.05) is 18.5 Å². The van der Waals surface area contributed by atoms with Crippen LogP contribution >= 0.6 is 0 Å². The zero-order valence-electron chi connectivity index (χ0n) is 19.4. The lowest BCUT2D eigenvalue weighted by molar-refractivity contribution is 0.0710. The number of benzene rings is 2. The van der Waals surface area contributed by atoms with Gasteiger partial charge in [-0.05, 0) is 49.2 Å². The van der Waals surface area contributed by atoms with E-state index in [4.69, 9.17) is 26.4 Å². The number of aromatic nitrogens is 6. The van der Waals surface area contributed by atoms with Crippen LogP contribution in [0.2, 0.25) is 0 Å². The van der Waals surface area contributed by atoms with Gasteiger partial charge in [-0.15, -0.1) is 0 Å². The SMILES string of the molecule is [C-]#[N+]c1ccc2ncn(-c3ncc4nc(Nc5ccc(S(N)(=O)=O)cc5)n(C5CCOCC5)c4n3)c2c1. The minimum atomic E-state index is -3.79. The normalized spacial score (nSPS) is 14.7. The molecule has 1 aliphatic rings. The summed E-state index contributed by atoms with van der Waals surface area (Å²) in [5.74, 6) is 0.969. The molecule has 0 spiro atoms. The number of hydrogen-bond donors (Lipinski definition) is 2. The third kappa shape index (κ3) is 4.27. The van der Waals surface area contributed by atoms with Gasteiger partial charge < -0.3 is 10.1 Å². The summed E-state index contributed by atoms with van der Waals surface area (Å²) < 4.78 is 32.6. The molecule has 37 heavy (non-hydrogen) atoms. The maximum absolute atomic E-state index is 11.6. The van der Waals surface area contributed by atoms with Crippen molar-refractivity contribution < 1.29 is 13.2 Å². The van der Waals surface area contributed by atoms with E-state index in [-0.39, 0.29) is 10.9 Å². The van der Waals surface area contributed by atoms with Gasteiger partial charge in [-0.25, -0.2) is 33.4 Å². The van der Waals surface area contributed by atoms with Gasteiger partial charge in [0.15, 0.2) is 11.3 Å².